The summed E-state index contributed by atoms with van der Waals surface area (Å²) in [5.74, 6) is 0.409. The maximum atomic E-state index is 12.2. The third-order valence-electron chi connectivity index (χ3n) is 4.16. The van der Waals surface area contributed by atoms with Gasteiger partial charge < -0.3 is 20.4 Å². The molecule has 1 fully saturated rings. The molecule has 0 saturated carbocycles. The van der Waals surface area contributed by atoms with Crippen molar-refractivity contribution in [2.75, 3.05) is 36.4 Å². The Balaban J connectivity index is 1.59. The van der Waals surface area contributed by atoms with Gasteiger partial charge in [0.25, 0.3) is 11.5 Å². The third-order valence-corrected chi connectivity index (χ3v) is 5.04. The number of nitrogen functional groups attached to an aromatic ring is 1. The Morgan fingerprint density at radius 2 is 2.20 bits per heavy atom. The minimum Gasteiger partial charge on any atom is -0.459 e. The monoisotopic (exact) mass is 364 g/mol. The lowest BCUT2D eigenvalue weighted by atomic mass is 10.1. The third kappa shape index (κ3) is 4.64. The van der Waals surface area contributed by atoms with Gasteiger partial charge in [-0.05, 0) is 31.4 Å². The number of piperidine rings is 1. The van der Waals surface area contributed by atoms with Crippen LogP contribution in [-0.2, 0) is 0 Å². The summed E-state index contributed by atoms with van der Waals surface area (Å²) in [6.45, 7) is 3.46. The molecule has 0 atom stereocenters. The molecule has 2 aromatic rings. The molecule has 134 valence electrons. The molecule has 8 nitrogen and oxygen atoms in total. The highest BCUT2D eigenvalue weighted by Gasteiger charge is 2.17. The van der Waals surface area contributed by atoms with Gasteiger partial charge in [-0.2, -0.15) is 0 Å². The molecule has 9 heteroatoms. The molecule has 0 radical (unpaired) electrons. The number of carbonyl (C=O) groups is 1. The molecule has 3 heterocycles. The summed E-state index contributed by atoms with van der Waals surface area (Å²) in [6.07, 6.45) is 5.27. The van der Waals surface area contributed by atoms with Crippen molar-refractivity contribution in [3.05, 3.63) is 34.5 Å². The predicted octanol–water partition coefficient (Wildman–Crippen LogP) is 0.358. The minimum atomic E-state index is -0.543. The van der Waals surface area contributed by atoms with E-state index in [1.165, 1.54) is 56.4 Å². The second-order valence-corrected chi connectivity index (χ2v) is 7.06. The first-order chi connectivity index (χ1) is 12.1. The summed E-state index contributed by atoms with van der Waals surface area (Å²) in [5.41, 5.74) is 5.31. The van der Waals surface area contributed by atoms with Crippen LogP contribution in [0.3, 0.4) is 0 Å². The molecule has 0 unspecified atom stereocenters. The van der Waals surface area contributed by atoms with Gasteiger partial charge in [-0.1, -0.05) is 11.8 Å². The van der Waals surface area contributed by atoms with Gasteiger partial charge in [0.2, 0.25) is 0 Å². The normalized spacial score (nSPS) is 15.2. The number of rotatable bonds is 6. The first-order valence-electron chi connectivity index (χ1n) is 8.34. The highest BCUT2D eigenvalue weighted by molar-refractivity contribution is 7.99. The van der Waals surface area contributed by atoms with Crippen LogP contribution in [0.2, 0.25) is 0 Å². The Kier molecular flexibility index (Phi) is 5.77. The van der Waals surface area contributed by atoms with Crippen molar-refractivity contribution in [2.45, 2.75) is 24.4 Å². The highest BCUT2D eigenvalue weighted by Crippen LogP contribution is 2.16. The van der Waals surface area contributed by atoms with E-state index in [1.54, 1.807) is 11.0 Å². The van der Waals surface area contributed by atoms with Crippen molar-refractivity contribution in [2.24, 2.45) is 0 Å². The van der Waals surface area contributed by atoms with Gasteiger partial charge in [-0.3, -0.25) is 14.6 Å². The number of carbonyl (C=O) groups excluding carboxylic acids is 1. The lowest BCUT2D eigenvalue weighted by Crippen LogP contribution is -3.13. The van der Waals surface area contributed by atoms with E-state index in [9.17, 15) is 9.59 Å². The number of anilines is 2. The molecule has 1 aliphatic rings. The fourth-order valence-electron chi connectivity index (χ4n) is 2.84. The fourth-order valence-corrected chi connectivity index (χ4v) is 3.75. The molecule has 2 aromatic heterocycles. The number of aromatic nitrogens is 2. The zero-order chi connectivity index (χ0) is 17.6. The molecular weight excluding hydrogens is 342 g/mol. The van der Waals surface area contributed by atoms with Crippen LogP contribution in [0.4, 0.5) is 11.5 Å². The van der Waals surface area contributed by atoms with Crippen LogP contribution in [0.5, 0.6) is 0 Å². The average Bonchev–Trinajstić information content (AvgIpc) is 3.14. The van der Waals surface area contributed by atoms with Crippen molar-refractivity contribution in [1.29, 1.82) is 0 Å². The number of likely N-dealkylation sites (tertiary alicyclic amines) is 1. The average molecular weight is 364 g/mol. The van der Waals surface area contributed by atoms with E-state index in [1.807, 2.05) is 0 Å². The van der Waals surface area contributed by atoms with Crippen molar-refractivity contribution < 1.29 is 14.1 Å². The zero-order valence-corrected chi connectivity index (χ0v) is 14.7. The quantitative estimate of drug-likeness (QED) is 0.434. The molecular formula is C16H22N5O3S+. The second kappa shape index (κ2) is 8.21. The summed E-state index contributed by atoms with van der Waals surface area (Å²) >= 11 is 1.47. The first-order valence-corrected chi connectivity index (χ1v) is 9.33. The number of hydrogen-bond donors (Lipinski definition) is 4. The van der Waals surface area contributed by atoms with E-state index < -0.39 is 11.5 Å². The molecule has 0 aromatic carbocycles. The number of nitrogens with one attached hydrogen (secondary N) is 3. The van der Waals surface area contributed by atoms with Crippen molar-refractivity contribution in [1.82, 2.24) is 9.97 Å². The molecule has 0 bridgehead atoms. The standard InChI is InChI=1S/C16H21N5O3S/c17-13-12(18-14(22)11-5-4-9-24-11)15(23)20-16(19-13)25-10-8-21-6-2-1-3-7-21/h4-5,9H,1-3,6-8,10H2,(H,18,22)(H3,17,19,20,23)/p+1. The van der Waals surface area contributed by atoms with Crippen molar-refractivity contribution >= 4 is 29.2 Å². The summed E-state index contributed by atoms with van der Waals surface area (Å²) in [4.78, 5) is 32.6. The second-order valence-electron chi connectivity index (χ2n) is 5.97. The summed E-state index contributed by atoms with van der Waals surface area (Å²) < 4.78 is 4.99. The first kappa shape index (κ1) is 17.6. The number of aromatic amines is 1. The van der Waals surface area contributed by atoms with Gasteiger partial charge in [0.1, 0.15) is 0 Å². The number of thioether (sulfide) groups is 1. The molecule has 0 aliphatic carbocycles. The number of H-pyrrole nitrogens is 1. The maximum absolute atomic E-state index is 12.2. The molecule has 1 saturated heterocycles. The smallest absolute Gasteiger partial charge is 0.291 e. The van der Waals surface area contributed by atoms with Crippen LogP contribution < -0.4 is 21.5 Å². The lowest BCUT2D eigenvalue weighted by Gasteiger charge is -2.23. The van der Waals surface area contributed by atoms with E-state index in [-0.39, 0.29) is 17.3 Å². The van der Waals surface area contributed by atoms with Gasteiger partial charge >= 0.3 is 0 Å². The Bertz CT molecular complexity index is 769. The van der Waals surface area contributed by atoms with Crippen LogP contribution in [0.15, 0.2) is 32.8 Å². The van der Waals surface area contributed by atoms with Crippen LogP contribution in [0.25, 0.3) is 0 Å². The Morgan fingerprint density at radius 3 is 2.88 bits per heavy atom. The number of hydrogen-bond acceptors (Lipinski definition) is 6. The van der Waals surface area contributed by atoms with Gasteiger partial charge in [-0.25, -0.2) is 4.98 Å². The SMILES string of the molecule is Nc1nc(SCC[NH+]2CCCCC2)[nH]c(=O)c1NC(=O)c1ccco1. The Labute approximate surface area is 149 Å². The topological polar surface area (TPSA) is 118 Å². The number of nitrogens with two attached hydrogens (primary N) is 1. The largest absolute Gasteiger partial charge is 0.459 e. The van der Waals surface area contributed by atoms with Crippen LogP contribution in [0, 0.1) is 0 Å². The summed E-state index contributed by atoms with van der Waals surface area (Å²) in [7, 11) is 0. The van der Waals surface area contributed by atoms with Crippen LogP contribution >= 0.6 is 11.8 Å². The van der Waals surface area contributed by atoms with Gasteiger partial charge in [0.05, 0.1) is 31.7 Å². The molecule has 0 spiro atoms. The molecule has 25 heavy (non-hydrogen) atoms. The summed E-state index contributed by atoms with van der Waals surface area (Å²) in [6, 6.07) is 3.09. The maximum Gasteiger partial charge on any atom is 0.291 e. The Hall–Kier alpha value is -2.26. The Morgan fingerprint density at radius 1 is 1.40 bits per heavy atom. The lowest BCUT2D eigenvalue weighted by molar-refractivity contribution is -0.902. The fraction of sp³-hybridized carbons (Fsp3) is 0.438. The molecule has 5 N–H and O–H groups in total. The van der Waals surface area contributed by atoms with Gasteiger partial charge in [-0.15, -0.1) is 0 Å². The van der Waals surface area contributed by atoms with E-state index in [0.717, 1.165) is 12.3 Å². The predicted molar refractivity (Wildman–Crippen MR) is 96.1 cm³/mol. The van der Waals surface area contributed by atoms with Crippen molar-refractivity contribution in [3.8, 4) is 0 Å². The van der Waals surface area contributed by atoms with Crippen LogP contribution in [-0.4, -0.2) is 41.3 Å². The number of furan rings is 1. The van der Waals surface area contributed by atoms with Crippen LogP contribution in [0.1, 0.15) is 29.8 Å². The number of quaternary nitrogens is 1. The van der Waals surface area contributed by atoms with Gasteiger partial charge in [0.15, 0.2) is 22.4 Å². The number of amides is 1. The number of nitrogens with zero attached hydrogens (tertiary/aromatic N) is 1. The van der Waals surface area contributed by atoms with E-state index >= 15 is 0 Å². The van der Waals surface area contributed by atoms with Gasteiger partial charge in [0, 0.05) is 0 Å². The zero-order valence-electron chi connectivity index (χ0n) is 13.8. The molecule has 1 aliphatic heterocycles. The van der Waals surface area contributed by atoms with E-state index in [4.69, 9.17) is 10.2 Å². The van der Waals surface area contributed by atoms with E-state index in [2.05, 4.69) is 15.3 Å². The molecule has 1 amide bonds. The van der Waals surface area contributed by atoms with Crippen molar-refractivity contribution in [3.63, 3.8) is 0 Å². The highest BCUT2D eigenvalue weighted by atomic mass is 32.2. The summed E-state index contributed by atoms with van der Waals surface area (Å²) in [5, 5.41) is 2.91. The van der Waals surface area contributed by atoms with E-state index in [0.29, 0.717) is 5.16 Å². The molecule has 3 rings (SSSR count). The minimum absolute atomic E-state index is 0.00326.